The Kier molecular flexibility index (Phi) is 6.97. The van der Waals surface area contributed by atoms with Crippen LogP contribution in [0.15, 0.2) is 84.9 Å². The van der Waals surface area contributed by atoms with Crippen LogP contribution in [0.5, 0.6) is 0 Å². The van der Waals surface area contributed by atoms with Crippen LogP contribution in [-0.4, -0.2) is 38.7 Å². The van der Waals surface area contributed by atoms with Crippen LogP contribution in [0.1, 0.15) is 27.6 Å². The molecule has 1 heterocycles. The molecule has 0 N–H and O–H groups in total. The monoisotopic (exact) mass is 444 g/mol. The number of aromatic nitrogens is 3. The Morgan fingerprint density at radius 2 is 1.38 bits per heavy atom. The number of carbonyl (C=O) groups excluding carboxylic acids is 1. The highest BCUT2D eigenvalue weighted by molar-refractivity contribution is 6.32. The molecule has 0 saturated heterocycles. The van der Waals surface area contributed by atoms with E-state index in [0.717, 1.165) is 12.8 Å². The number of hydrogen-bond acceptors (Lipinski definition) is 3. The number of nitrogens with zero attached hydrogens (tertiary/aromatic N) is 4. The molecule has 0 aliphatic heterocycles. The minimum Gasteiger partial charge on any atom is -0.335 e. The summed E-state index contributed by atoms with van der Waals surface area (Å²) in [5.74, 6) is 0.627. The van der Waals surface area contributed by atoms with Crippen LogP contribution in [0.25, 0.3) is 5.69 Å². The Hall–Kier alpha value is -3.44. The lowest BCUT2D eigenvalue weighted by molar-refractivity contribution is 0.0747. The molecule has 1 amide bonds. The summed E-state index contributed by atoms with van der Waals surface area (Å²) in [7, 11) is 0. The summed E-state index contributed by atoms with van der Waals surface area (Å²) in [6.07, 6.45) is 1.54. The zero-order valence-electron chi connectivity index (χ0n) is 18.0. The molecule has 0 atom stereocenters. The number of halogens is 1. The van der Waals surface area contributed by atoms with Crippen LogP contribution in [0.4, 0.5) is 0 Å². The average Bonchev–Trinajstić information content (AvgIpc) is 3.21. The van der Waals surface area contributed by atoms with Crippen molar-refractivity contribution in [2.75, 3.05) is 13.1 Å². The largest absolute Gasteiger partial charge is 0.335 e. The standard InChI is InChI=1S/C26H25ClN4O/c1-20-28-25(29-31(20)24-15-9-8-14-23(24)27)26(32)30(18-16-21-10-4-2-5-11-21)19-17-22-12-6-3-7-13-22/h2-15H,16-19H2,1H3. The number of hydrogen-bond donors (Lipinski definition) is 0. The molecule has 4 aromatic rings. The van der Waals surface area contributed by atoms with Crippen molar-refractivity contribution < 1.29 is 4.79 Å². The molecule has 0 radical (unpaired) electrons. The minimum atomic E-state index is -0.175. The van der Waals surface area contributed by atoms with E-state index in [-0.39, 0.29) is 11.7 Å². The number of para-hydroxylation sites is 1. The fraction of sp³-hybridized carbons (Fsp3) is 0.192. The van der Waals surface area contributed by atoms with E-state index in [1.54, 1.807) is 10.7 Å². The van der Waals surface area contributed by atoms with E-state index >= 15 is 0 Å². The van der Waals surface area contributed by atoms with Crippen molar-refractivity contribution in [2.45, 2.75) is 19.8 Å². The Morgan fingerprint density at radius 1 is 0.844 bits per heavy atom. The SMILES string of the molecule is Cc1nc(C(=O)N(CCc2ccccc2)CCc2ccccc2)nn1-c1ccccc1Cl. The highest BCUT2D eigenvalue weighted by Gasteiger charge is 2.22. The Labute approximate surface area is 193 Å². The van der Waals surface area contributed by atoms with Gasteiger partial charge >= 0.3 is 0 Å². The van der Waals surface area contributed by atoms with E-state index in [0.29, 0.717) is 29.6 Å². The second-order valence-corrected chi connectivity index (χ2v) is 8.02. The molecule has 0 bridgehead atoms. The first-order valence-corrected chi connectivity index (χ1v) is 11.1. The first kappa shape index (κ1) is 21.8. The summed E-state index contributed by atoms with van der Waals surface area (Å²) in [5.41, 5.74) is 3.09. The molecule has 0 saturated carbocycles. The molecule has 4 rings (SSSR count). The summed E-state index contributed by atoms with van der Waals surface area (Å²) >= 11 is 6.33. The minimum absolute atomic E-state index is 0.175. The van der Waals surface area contributed by atoms with Gasteiger partial charge in [0.2, 0.25) is 5.82 Å². The molecule has 1 aromatic heterocycles. The highest BCUT2D eigenvalue weighted by atomic mass is 35.5. The molecular formula is C26H25ClN4O. The number of amides is 1. The van der Waals surface area contributed by atoms with E-state index < -0.39 is 0 Å². The maximum atomic E-state index is 13.4. The molecule has 0 fully saturated rings. The third-order valence-electron chi connectivity index (χ3n) is 5.35. The topological polar surface area (TPSA) is 51.0 Å². The quantitative estimate of drug-likeness (QED) is 0.377. The molecule has 0 unspecified atom stereocenters. The predicted molar refractivity (Wildman–Crippen MR) is 127 cm³/mol. The summed E-state index contributed by atoms with van der Waals surface area (Å²) in [6.45, 7) is 3.01. The third-order valence-corrected chi connectivity index (χ3v) is 5.67. The molecular weight excluding hydrogens is 420 g/mol. The van der Waals surface area contributed by atoms with E-state index in [1.165, 1.54) is 11.1 Å². The van der Waals surface area contributed by atoms with Crippen LogP contribution < -0.4 is 0 Å². The first-order valence-electron chi connectivity index (χ1n) is 10.7. The molecule has 6 heteroatoms. The first-order chi connectivity index (χ1) is 15.6. The number of benzene rings is 3. The fourth-order valence-electron chi connectivity index (χ4n) is 3.61. The number of rotatable bonds is 8. The zero-order chi connectivity index (χ0) is 22.3. The molecule has 5 nitrogen and oxygen atoms in total. The molecule has 0 aliphatic rings. The van der Waals surface area contributed by atoms with Crippen molar-refractivity contribution in [3.05, 3.63) is 113 Å². The molecule has 162 valence electrons. The summed E-state index contributed by atoms with van der Waals surface area (Å²) in [5, 5.41) is 5.06. The van der Waals surface area contributed by atoms with Gasteiger partial charge in [-0.1, -0.05) is 84.4 Å². The lowest BCUT2D eigenvalue weighted by Gasteiger charge is -2.21. The van der Waals surface area contributed by atoms with Crippen molar-refractivity contribution in [1.29, 1.82) is 0 Å². The zero-order valence-corrected chi connectivity index (χ0v) is 18.7. The van der Waals surface area contributed by atoms with Gasteiger partial charge in [0.15, 0.2) is 0 Å². The summed E-state index contributed by atoms with van der Waals surface area (Å²) in [4.78, 5) is 19.7. The molecule has 32 heavy (non-hydrogen) atoms. The van der Waals surface area contributed by atoms with Crippen LogP contribution in [0.2, 0.25) is 5.02 Å². The van der Waals surface area contributed by atoms with E-state index in [9.17, 15) is 4.79 Å². The van der Waals surface area contributed by atoms with Gasteiger partial charge < -0.3 is 4.90 Å². The second kappa shape index (κ2) is 10.2. The predicted octanol–water partition coefficient (Wildman–Crippen LogP) is 5.16. The van der Waals surface area contributed by atoms with Crippen molar-refractivity contribution >= 4 is 17.5 Å². The van der Waals surface area contributed by atoms with Gasteiger partial charge in [-0.15, -0.1) is 5.10 Å². The molecule has 3 aromatic carbocycles. The lowest BCUT2D eigenvalue weighted by atomic mass is 10.1. The fourth-order valence-corrected chi connectivity index (χ4v) is 3.82. The van der Waals surface area contributed by atoms with Crippen LogP contribution in [-0.2, 0) is 12.8 Å². The van der Waals surface area contributed by atoms with Gasteiger partial charge in [-0.3, -0.25) is 4.79 Å². The average molecular weight is 445 g/mol. The Bertz CT molecular complexity index is 1130. The maximum Gasteiger partial charge on any atom is 0.293 e. The summed E-state index contributed by atoms with van der Waals surface area (Å²) in [6, 6.07) is 27.8. The van der Waals surface area contributed by atoms with Crippen LogP contribution in [0.3, 0.4) is 0 Å². The van der Waals surface area contributed by atoms with Crippen LogP contribution in [0, 0.1) is 6.92 Å². The normalized spacial score (nSPS) is 10.8. The van der Waals surface area contributed by atoms with Gasteiger partial charge in [0.25, 0.3) is 5.91 Å². The van der Waals surface area contributed by atoms with Gasteiger partial charge in [0.1, 0.15) is 5.82 Å². The van der Waals surface area contributed by atoms with Gasteiger partial charge in [-0.2, -0.15) is 0 Å². The van der Waals surface area contributed by atoms with E-state index in [1.807, 2.05) is 66.4 Å². The highest BCUT2D eigenvalue weighted by Crippen LogP contribution is 2.20. The second-order valence-electron chi connectivity index (χ2n) is 7.61. The van der Waals surface area contributed by atoms with Gasteiger partial charge in [0, 0.05) is 13.1 Å². The van der Waals surface area contributed by atoms with Gasteiger partial charge in [0.05, 0.1) is 10.7 Å². The van der Waals surface area contributed by atoms with Crippen molar-refractivity contribution in [3.8, 4) is 5.69 Å². The molecule has 0 spiro atoms. The van der Waals surface area contributed by atoms with Crippen molar-refractivity contribution in [1.82, 2.24) is 19.7 Å². The number of carbonyl (C=O) groups is 1. The van der Waals surface area contributed by atoms with Gasteiger partial charge in [-0.05, 0) is 43.0 Å². The van der Waals surface area contributed by atoms with Crippen molar-refractivity contribution in [3.63, 3.8) is 0 Å². The smallest absolute Gasteiger partial charge is 0.293 e. The van der Waals surface area contributed by atoms with E-state index in [4.69, 9.17) is 11.6 Å². The Morgan fingerprint density at radius 3 is 1.94 bits per heavy atom. The Balaban J connectivity index is 1.56. The maximum absolute atomic E-state index is 13.4. The third kappa shape index (κ3) is 5.24. The van der Waals surface area contributed by atoms with Crippen LogP contribution >= 0.6 is 11.6 Å². The lowest BCUT2D eigenvalue weighted by Crippen LogP contribution is -2.35. The van der Waals surface area contributed by atoms with Crippen molar-refractivity contribution in [2.24, 2.45) is 0 Å². The molecule has 0 aliphatic carbocycles. The number of aryl methyl sites for hydroxylation is 1. The van der Waals surface area contributed by atoms with E-state index in [2.05, 4.69) is 34.3 Å². The summed E-state index contributed by atoms with van der Waals surface area (Å²) < 4.78 is 1.63. The van der Waals surface area contributed by atoms with Gasteiger partial charge in [-0.25, -0.2) is 9.67 Å².